The number of anilines is 4. The van der Waals surface area contributed by atoms with Gasteiger partial charge in [-0.15, -0.1) is 0 Å². The Morgan fingerprint density at radius 2 is 1.83 bits per heavy atom. The van der Waals surface area contributed by atoms with E-state index in [1.54, 1.807) is 25.3 Å². The van der Waals surface area contributed by atoms with Gasteiger partial charge in [0.05, 0.1) is 19.9 Å². The van der Waals surface area contributed by atoms with Crippen LogP contribution in [0.25, 0.3) is 0 Å². The maximum atomic E-state index is 11.6. The van der Waals surface area contributed by atoms with Crippen molar-refractivity contribution in [3.63, 3.8) is 0 Å². The number of carbonyl (C=O) groups is 1. The average Bonchev–Trinajstić information content (AvgIpc) is 3.44. The Balaban J connectivity index is 1.49. The van der Waals surface area contributed by atoms with Gasteiger partial charge in [-0.2, -0.15) is 20.1 Å². The van der Waals surface area contributed by atoms with Gasteiger partial charge < -0.3 is 24.4 Å². The lowest BCUT2D eigenvalue weighted by molar-refractivity contribution is -0.145. The third-order valence-electron chi connectivity index (χ3n) is 5.26. The Morgan fingerprint density at radius 3 is 2.58 bits per heavy atom. The van der Waals surface area contributed by atoms with Crippen LogP contribution in [-0.4, -0.2) is 60.5 Å². The topological polar surface area (TPSA) is 123 Å². The maximum Gasteiger partial charge on any atom is 0.344 e. The molecule has 3 aromatic rings. The first-order chi connectivity index (χ1) is 17.6. The van der Waals surface area contributed by atoms with Crippen molar-refractivity contribution in [2.24, 2.45) is 5.10 Å². The number of carbonyl (C=O) groups excluding carboxylic acids is 1. The summed E-state index contributed by atoms with van der Waals surface area (Å²) in [5.74, 6) is 1.78. The summed E-state index contributed by atoms with van der Waals surface area (Å²) in [6.45, 7) is 3.61. The summed E-state index contributed by atoms with van der Waals surface area (Å²) in [6.07, 6.45) is 3.80. The van der Waals surface area contributed by atoms with Crippen molar-refractivity contribution in [3.05, 3.63) is 54.1 Å². The van der Waals surface area contributed by atoms with Gasteiger partial charge in [0.25, 0.3) is 0 Å². The Hall–Kier alpha value is -4.41. The molecule has 0 spiro atoms. The number of para-hydroxylation sites is 1. The summed E-state index contributed by atoms with van der Waals surface area (Å²) in [7, 11) is 1.53. The van der Waals surface area contributed by atoms with Crippen LogP contribution in [0.3, 0.4) is 0 Å². The largest absolute Gasteiger partial charge is 0.493 e. The van der Waals surface area contributed by atoms with Gasteiger partial charge in [-0.3, -0.25) is 0 Å². The molecular formula is C25H29N7O4. The van der Waals surface area contributed by atoms with E-state index in [0.29, 0.717) is 29.3 Å². The summed E-state index contributed by atoms with van der Waals surface area (Å²) < 4.78 is 15.8. The molecule has 0 bridgehead atoms. The van der Waals surface area contributed by atoms with Crippen molar-refractivity contribution < 1.29 is 19.0 Å². The smallest absolute Gasteiger partial charge is 0.344 e. The highest BCUT2D eigenvalue weighted by Crippen LogP contribution is 2.27. The van der Waals surface area contributed by atoms with E-state index in [4.69, 9.17) is 14.2 Å². The highest BCUT2D eigenvalue weighted by molar-refractivity contribution is 5.81. The first-order valence-electron chi connectivity index (χ1n) is 11.7. The van der Waals surface area contributed by atoms with E-state index >= 15 is 0 Å². The molecule has 36 heavy (non-hydrogen) atoms. The number of aromatic nitrogens is 3. The number of nitrogens with one attached hydrogen (secondary N) is 2. The molecule has 1 aliphatic heterocycles. The highest BCUT2D eigenvalue weighted by atomic mass is 16.6. The van der Waals surface area contributed by atoms with Crippen LogP contribution in [0.5, 0.6) is 11.5 Å². The minimum Gasteiger partial charge on any atom is -0.493 e. The van der Waals surface area contributed by atoms with Gasteiger partial charge in [0.2, 0.25) is 17.8 Å². The second-order valence-electron chi connectivity index (χ2n) is 7.84. The van der Waals surface area contributed by atoms with Crippen LogP contribution in [0, 0.1) is 0 Å². The molecule has 0 atom stereocenters. The molecule has 1 aromatic heterocycles. The quantitative estimate of drug-likeness (QED) is 0.234. The van der Waals surface area contributed by atoms with E-state index in [1.807, 2.05) is 36.4 Å². The normalized spacial score (nSPS) is 13.0. The fourth-order valence-corrected chi connectivity index (χ4v) is 3.57. The molecule has 1 fully saturated rings. The standard InChI is InChI=1S/C25H29N7O4/c1-3-35-22(33)17-36-21-15-18(11-12-20(21)34-2)16-26-31-24-28-23(27-19-9-5-4-6-10-19)29-25(30-24)32-13-7-8-14-32/h4-6,9-12,15-16H,3,7-8,13-14,17H2,1-2H3,(H2,27,28,29,30,31)/b26-16+. The third-order valence-corrected chi connectivity index (χ3v) is 5.26. The molecule has 2 N–H and O–H groups in total. The number of methoxy groups -OCH3 is 1. The van der Waals surface area contributed by atoms with Crippen LogP contribution in [0.15, 0.2) is 53.6 Å². The maximum absolute atomic E-state index is 11.6. The van der Waals surface area contributed by atoms with Crippen molar-refractivity contribution >= 4 is 35.7 Å². The van der Waals surface area contributed by atoms with E-state index < -0.39 is 5.97 Å². The lowest BCUT2D eigenvalue weighted by Crippen LogP contribution is -2.21. The number of nitrogens with zero attached hydrogens (tertiary/aromatic N) is 5. The Bertz CT molecular complexity index is 1180. The molecule has 0 radical (unpaired) electrons. The number of rotatable bonds is 11. The second kappa shape index (κ2) is 12.3. The SMILES string of the molecule is CCOC(=O)COc1cc(/C=N/Nc2nc(Nc3ccccc3)nc(N3CCCC3)n2)ccc1OC. The molecular weight excluding hydrogens is 462 g/mol. The van der Waals surface area contributed by atoms with Crippen molar-refractivity contribution in [2.45, 2.75) is 19.8 Å². The minimum absolute atomic E-state index is 0.218. The monoisotopic (exact) mass is 491 g/mol. The zero-order valence-corrected chi connectivity index (χ0v) is 20.3. The summed E-state index contributed by atoms with van der Waals surface area (Å²) in [6, 6.07) is 15.0. The fourth-order valence-electron chi connectivity index (χ4n) is 3.57. The number of esters is 1. The second-order valence-corrected chi connectivity index (χ2v) is 7.84. The zero-order chi connectivity index (χ0) is 25.2. The van der Waals surface area contributed by atoms with Crippen LogP contribution < -0.4 is 25.1 Å². The van der Waals surface area contributed by atoms with Crippen LogP contribution in [0.4, 0.5) is 23.5 Å². The number of hydrogen-bond acceptors (Lipinski definition) is 11. The van der Waals surface area contributed by atoms with Gasteiger partial charge in [0, 0.05) is 18.8 Å². The fraction of sp³-hybridized carbons (Fsp3) is 0.320. The number of ether oxygens (including phenoxy) is 3. The molecule has 188 valence electrons. The molecule has 0 aliphatic carbocycles. The molecule has 2 heterocycles. The summed E-state index contributed by atoms with van der Waals surface area (Å²) in [5, 5.41) is 7.51. The molecule has 0 amide bonds. The van der Waals surface area contributed by atoms with Crippen molar-refractivity contribution in [1.29, 1.82) is 0 Å². The van der Waals surface area contributed by atoms with Crippen LogP contribution in [-0.2, 0) is 9.53 Å². The van der Waals surface area contributed by atoms with Crippen LogP contribution in [0.1, 0.15) is 25.3 Å². The zero-order valence-electron chi connectivity index (χ0n) is 20.3. The van der Waals surface area contributed by atoms with Crippen LogP contribution in [0.2, 0.25) is 0 Å². The summed E-state index contributed by atoms with van der Waals surface area (Å²) in [4.78, 5) is 27.4. The molecule has 11 heteroatoms. The lowest BCUT2D eigenvalue weighted by Gasteiger charge is -2.16. The highest BCUT2D eigenvalue weighted by Gasteiger charge is 2.17. The molecule has 0 unspecified atom stereocenters. The van der Waals surface area contributed by atoms with E-state index in [2.05, 4.69) is 35.7 Å². The van der Waals surface area contributed by atoms with Gasteiger partial charge in [0.15, 0.2) is 18.1 Å². The van der Waals surface area contributed by atoms with Crippen molar-refractivity contribution in [1.82, 2.24) is 15.0 Å². The molecule has 4 rings (SSSR count). The average molecular weight is 492 g/mol. The van der Waals surface area contributed by atoms with E-state index in [0.717, 1.165) is 37.2 Å². The molecule has 1 saturated heterocycles. The first-order valence-corrected chi connectivity index (χ1v) is 11.7. The molecule has 2 aromatic carbocycles. The van der Waals surface area contributed by atoms with Crippen molar-refractivity contribution in [2.75, 3.05) is 49.1 Å². The van der Waals surface area contributed by atoms with Gasteiger partial charge in [-0.1, -0.05) is 18.2 Å². The predicted molar refractivity (Wildman–Crippen MR) is 137 cm³/mol. The van der Waals surface area contributed by atoms with E-state index in [9.17, 15) is 4.79 Å². The third kappa shape index (κ3) is 6.81. The lowest BCUT2D eigenvalue weighted by atomic mass is 10.2. The first kappa shape index (κ1) is 24.7. The number of benzene rings is 2. The Kier molecular flexibility index (Phi) is 8.47. The van der Waals surface area contributed by atoms with Gasteiger partial charge in [-0.25, -0.2) is 10.2 Å². The van der Waals surface area contributed by atoms with Crippen molar-refractivity contribution in [3.8, 4) is 11.5 Å². The number of hydrazone groups is 1. The van der Waals surface area contributed by atoms with Gasteiger partial charge in [-0.05, 0) is 55.7 Å². The summed E-state index contributed by atoms with van der Waals surface area (Å²) >= 11 is 0. The van der Waals surface area contributed by atoms with Crippen LogP contribution >= 0.6 is 0 Å². The Morgan fingerprint density at radius 1 is 1.06 bits per heavy atom. The molecule has 1 aliphatic rings. The minimum atomic E-state index is -0.455. The predicted octanol–water partition coefficient (Wildman–Crippen LogP) is 3.61. The summed E-state index contributed by atoms with van der Waals surface area (Å²) in [5.41, 5.74) is 4.49. The van der Waals surface area contributed by atoms with E-state index in [-0.39, 0.29) is 13.2 Å². The molecule has 11 nitrogen and oxygen atoms in total. The van der Waals surface area contributed by atoms with E-state index in [1.165, 1.54) is 7.11 Å². The molecule has 0 saturated carbocycles. The Labute approximate surface area is 209 Å². The van der Waals surface area contributed by atoms with Gasteiger partial charge in [0.1, 0.15) is 0 Å². The van der Waals surface area contributed by atoms with Gasteiger partial charge >= 0.3 is 5.97 Å². The number of hydrogen-bond donors (Lipinski definition) is 2.